The predicted molar refractivity (Wildman–Crippen MR) is 200 cm³/mol. The summed E-state index contributed by atoms with van der Waals surface area (Å²) in [5.41, 5.74) is 20.6. The number of benzene rings is 4. The standard InChI is InChI=1S/C42H40N4/c1-3-5-18-38(44)33-23-26-39(45-29-33)32-22-24-35-31(28-32)21-25-37-36(14-4-2)41(19-9-7-6-8-12-27-43)46(42(35)37)40-20-13-16-30-15-10-11-17-34(30)40/h3-6,8-28,45H,7,29,43-44H2,1-2H3/b5-3-,8-6-,14-4-,19-9+,27-12-,38-18-. The van der Waals surface area contributed by atoms with Crippen LogP contribution in [0.1, 0.15) is 37.1 Å². The van der Waals surface area contributed by atoms with E-state index in [1.807, 2.05) is 37.3 Å². The van der Waals surface area contributed by atoms with Crippen molar-refractivity contribution in [1.29, 1.82) is 0 Å². The molecule has 0 spiro atoms. The highest BCUT2D eigenvalue weighted by Gasteiger charge is 2.19. The van der Waals surface area contributed by atoms with E-state index in [-0.39, 0.29) is 0 Å². The van der Waals surface area contributed by atoms with Gasteiger partial charge < -0.3 is 21.4 Å². The van der Waals surface area contributed by atoms with E-state index in [2.05, 4.69) is 132 Å². The zero-order chi connectivity index (χ0) is 31.9. The second kappa shape index (κ2) is 13.9. The molecule has 0 saturated carbocycles. The average molecular weight is 601 g/mol. The molecule has 4 nitrogen and oxygen atoms in total. The first-order valence-electron chi connectivity index (χ1n) is 15.8. The minimum Gasteiger partial charge on any atom is -0.405 e. The van der Waals surface area contributed by atoms with Gasteiger partial charge in [0.1, 0.15) is 0 Å². The van der Waals surface area contributed by atoms with Gasteiger partial charge in [-0.1, -0.05) is 109 Å². The van der Waals surface area contributed by atoms with Crippen LogP contribution in [-0.2, 0) is 0 Å². The van der Waals surface area contributed by atoms with Gasteiger partial charge in [0.15, 0.2) is 0 Å². The molecular formula is C42H40N4. The largest absolute Gasteiger partial charge is 0.405 e. The highest BCUT2D eigenvalue weighted by Crippen LogP contribution is 2.39. The summed E-state index contributed by atoms with van der Waals surface area (Å²) >= 11 is 0. The molecule has 0 atom stereocenters. The molecule has 5 aromatic rings. The van der Waals surface area contributed by atoms with Crippen molar-refractivity contribution in [3.8, 4) is 5.69 Å². The maximum atomic E-state index is 6.29. The van der Waals surface area contributed by atoms with E-state index < -0.39 is 0 Å². The highest BCUT2D eigenvalue weighted by molar-refractivity contribution is 6.12. The fourth-order valence-corrected chi connectivity index (χ4v) is 6.15. The van der Waals surface area contributed by atoms with E-state index in [0.29, 0.717) is 6.54 Å². The summed E-state index contributed by atoms with van der Waals surface area (Å²) in [5, 5.41) is 9.63. The maximum absolute atomic E-state index is 6.29. The van der Waals surface area contributed by atoms with Crippen molar-refractivity contribution in [3.63, 3.8) is 0 Å². The Morgan fingerprint density at radius 3 is 2.46 bits per heavy atom. The van der Waals surface area contributed by atoms with Crippen LogP contribution in [0.3, 0.4) is 0 Å². The van der Waals surface area contributed by atoms with Crippen LogP contribution in [0.15, 0.2) is 151 Å². The molecule has 2 heterocycles. The van der Waals surface area contributed by atoms with E-state index in [0.717, 1.165) is 40.3 Å². The highest BCUT2D eigenvalue weighted by atomic mass is 15.0. The first kappa shape index (κ1) is 30.3. The smallest absolute Gasteiger partial charge is 0.0619 e. The summed E-state index contributed by atoms with van der Waals surface area (Å²) in [7, 11) is 0. The third kappa shape index (κ3) is 5.98. The van der Waals surface area contributed by atoms with Crippen LogP contribution in [0, 0.1) is 0 Å². The van der Waals surface area contributed by atoms with Gasteiger partial charge in [-0.2, -0.15) is 0 Å². The normalized spacial score (nSPS) is 14.6. The van der Waals surface area contributed by atoms with Crippen LogP contribution in [0.5, 0.6) is 0 Å². The van der Waals surface area contributed by atoms with Crippen LogP contribution in [0.4, 0.5) is 0 Å². The summed E-state index contributed by atoms with van der Waals surface area (Å²) < 4.78 is 2.45. The van der Waals surface area contributed by atoms with Crippen LogP contribution >= 0.6 is 0 Å². The molecule has 1 aromatic heterocycles. The molecule has 46 heavy (non-hydrogen) atoms. The van der Waals surface area contributed by atoms with E-state index in [1.54, 1.807) is 6.20 Å². The van der Waals surface area contributed by atoms with E-state index in [4.69, 9.17) is 11.5 Å². The second-order valence-corrected chi connectivity index (χ2v) is 11.3. The third-order valence-electron chi connectivity index (χ3n) is 8.34. The Morgan fingerprint density at radius 1 is 0.804 bits per heavy atom. The van der Waals surface area contributed by atoms with Crippen LogP contribution in [0.25, 0.3) is 56.0 Å². The number of nitrogens with zero attached hydrogens (tertiary/aromatic N) is 1. The Hall–Kier alpha value is -5.74. The van der Waals surface area contributed by atoms with Crippen molar-refractivity contribution in [2.45, 2.75) is 20.3 Å². The molecule has 228 valence electrons. The topological polar surface area (TPSA) is 69.0 Å². The van der Waals surface area contributed by atoms with Crippen molar-refractivity contribution in [2.75, 3.05) is 6.54 Å². The van der Waals surface area contributed by atoms with E-state index in [9.17, 15) is 0 Å². The Bertz CT molecular complexity index is 2150. The summed E-state index contributed by atoms with van der Waals surface area (Å²) in [6.07, 6.45) is 27.2. The molecule has 0 fully saturated rings. The number of allylic oxidation sites excluding steroid dienone is 10. The van der Waals surface area contributed by atoms with Crippen LogP contribution < -0.4 is 16.8 Å². The molecule has 4 heteroatoms. The Morgan fingerprint density at radius 2 is 1.65 bits per heavy atom. The Kier molecular flexibility index (Phi) is 9.17. The molecule has 0 amide bonds. The first-order chi connectivity index (χ1) is 22.6. The molecule has 0 unspecified atom stereocenters. The zero-order valence-electron chi connectivity index (χ0n) is 26.4. The summed E-state index contributed by atoms with van der Waals surface area (Å²) in [6.45, 7) is 4.76. The monoisotopic (exact) mass is 600 g/mol. The lowest BCUT2D eigenvalue weighted by Crippen LogP contribution is -2.21. The SMILES string of the molecule is C/C=C\C=C(/N)C1=CC=C(c2ccc3c(ccc4c(/C=C\C)c(/C=C/C/C=C\C=C/N)n(-c5cccc6ccccc56)c43)c2)NC1. The van der Waals surface area contributed by atoms with Crippen molar-refractivity contribution >= 4 is 50.3 Å². The lowest BCUT2D eigenvalue weighted by atomic mass is 9.99. The number of aromatic nitrogens is 1. The van der Waals surface area contributed by atoms with Crippen molar-refractivity contribution < 1.29 is 0 Å². The molecule has 4 aromatic carbocycles. The Balaban J connectivity index is 1.56. The van der Waals surface area contributed by atoms with Gasteiger partial charge in [0.2, 0.25) is 0 Å². The Labute approximate surface area is 271 Å². The number of dihydropyridines is 1. The lowest BCUT2D eigenvalue weighted by Gasteiger charge is -2.19. The zero-order valence-corrected chi connectivity index (χ0v) is 26.4. The van der Waals surface area contributed by atoms with Crippen LogP contribution in [-0.4, -0.2) is 11.1 Å². The predicted octanol–water partition coefficient (Wildman–Crippen LogP) is 9.69. The van der Waals surface area contributed by atoms with Gasteiger partial charge in [-0.25, -0.2) is 0 Å². The van der Waals surface area contributed by atoms with E-state index in [1.165, 1.54) is 38.0 Å². The van der Waals surface area contributed by atoms with Gasteiger partial charge in [0.25, 0.3) is 0 Å². The molecule has 6 rings (SSSR count). The van der Waals surface area contributed by atoms with Crippen LogP contribution in [0.2, 0.25) is 0 Å². The first-order valence-corrected chi connectivity index (χ1v) is 15.8. The molecule has 0 saturated heterocycles. The molecular weight excluding hydrogens is 560 g/mol. The minimum absolute atomic E-state index is 0.687. The van der Waals surface area contributed by atoms with Crippen molar-refractivity contribution in [1.82, 2.24) is 9.88 Å². The fourth-order valence-electron chi connectivity index (χ4n) is 6.15. The molecule has 0 radical (unpaired) electrons. The summed E-state index contributed by atoms with van der Waals surface area (Å²) in [5.74, 6) is 0. The molecule has 1 aliphatic heterocycles. The van der Waals surface area contributed by atoms with Gasteiger partial charge in [0.05, 0.1) is 16.9 Å². The molecule has 1 aliphatic rings. The number of rotatable bonds is 9. The number of nitrogens with two attached hydrogens (primary N) is 2. The lowest BCUT2D eigenvalue weighted by molar-refractivity contribution is 0.942. The quantitative estimate of drug-likeness (QED) is 0.148. The van der Waals surface area contributed by atoms with Gasteiger partial charge in [-0.05, 0) is 84.8 Å². The summed E-state index contributed by atoms with van der Waals surface area (Å²) in [6, 6.07) is 26.5. The minimum atomic E-state index is 0.687. The third-order valence-corrected chi connectivity index (χ3v) is 8.34. The van der Waals surface area contributed by atoms with Gasteiger partial charge in [-0.15, -0.1) is 0 Å². The number of fused-ring (bicyclic) bond motifs is 4. The fraction of sp³-hybridized carbons (Fsp3) is 0.0952. The average Bonchev–Trinajstić information content (AvgIpc) is 3.41. The number of hydrogen-bond donors (Lipinski definition) is 3. The summed E-state index contributed by atoms with van der Waals surface area (Å²) in [4.78, 5) is 0. The number of nitrogens with one attached hydrogen (secondary N) is 1. The van der Waals surface area contributed by atoms with Gasteiger partial charge in [-0.3, -0.25) is 0 Å². The van der Waals surface area contributed by atoms with Gasteiger partial charge >= 0.3 is 0 Å². The van der Waals surface area contributed by atoms with Crippen molar-refractivity contribution in [2.24, 2.45) is 11.5 Å². The van der Waals surface area contributed by atoms with E-state index >= 15 is 0 Å². The molecule has 0 bridgehead atoms. The molecule has 0 aliphatic carbocycles. The second-order valence-electron chi connectivity index (χ2n) is 11.3. The van der Waals surface area contributed by atoms with Crippen molar-refractivity contribution in [3.05, 3.63) is 168 Å². The maximum Gasteiger partial charge on any atom is 0.0619 e. The molecule has 5 N–H and O–H groups in total. The van der Waals surface area contributed by atoms with Gasteiger partial charge in [0, 0.05) is 39.7 Å². The number of hydrogen-bond acceptors (Lipinski definition) is 3.